The van der Waals surface area contributed by atoms with Crippen molar-refractivity contribution in [3.8, 4) is 0 Å². The molecule has 1 aromatic rings. The largest absolute Gasteiger partial charge is 0.380 e. The molecule has 1 amide bonds. The van der Waals surface area contributed by atoms with Gasteiger partial charge in [0.15, 0.2) is 0 Å². The van der Waals surface area contributed by atoms with Crippen molar-refractivity contribution in [1.82, 2.24) is 4.90 Å². The Kier molecular flexibility index (Phi) is 9.72. The Morgan fingerprint density at radius 2 is 2.10 bits per heavy atom. The van der Waals surface area contributed by atoms with Crippen LogP contribution in [-0.4, -0.2) is 37.1 Å². The lowest BCUT2D eigenvalue weighted by Crippen LogP contribution is -2.35. The molecule has 0 radical (unpaired) electrons. The van der Waals surface area contributed by atoms with E-state index in [-0.39, 0.29) is 24.4 Å². The van der Waals surface area contributed by atoms with Crippen molar-refractivity contribution >= 4 is 18.3 Å². The second-order valence-corrected chi connectivity index (χ2v) is 4.35. The van der Waals surface area contributed by atoms with Crippen LogP contribution in [0.4, 0.5) is 0 Å². The monoisotopic (exact) mass is 298 g/mol. The molecule has 0 bridgehead atoms. The number of rotatable bonds is 8. The van der Waals surface area contributed by atoms with Crippen LogP contribution < -0.4 is 5.73 Å². The fourth-order valence-corrected chi connectivity index (χ4v) is 1.80. The minimum atomic E-state index is -0.226. The fourth-order valence-electron chi connectivity index (χ4n) is 1.80. The van der Waals surface area contributed by atoms with Gasteiger partial charge in [-0.2, -0.15) is 0 Å². The number of carbonyl (C=O) groups is 1. The molecule has 0 aromatic heterocycles. The van der Waals surface area contributed by atoms with Gasteiger partial charge in [-0.15, -0.1) is 19.0 Å². The zero-order chi connectivity index (χ0) is 14.1. The predicted octanol–water partition coefficient (Wildman–Crippen LogP) is 1.99. The minimum absolute atomic E-state index is 0. The van der Waals surface area contributed by atoms with Gasteiger partial charge >= 0.3 is 0 Å². The van der Waals surface area contributed by atoms with Crippen molar-refractivity contribution in [1.29, 1.82) is 0 Å². The molecule has 0 fully saturated rings. The first-order valence-electron chi connectivity index (χ1n) is 6.36. The van der Waals surface area contributed by atoms with E-state index in [2.05, 4.69) is 6.58 Å². The van der Waals surface area contributed by atoms with Crippen molar-refractivity contribution in [2.24, 2.45) is 5.73 Å². The summed E-state index contributed by atoms with van der Waals surface area (Å²) in [6.07, 6.45) is 1.80. The van der Waals surface area contributed by atoms with E-state index < -0.39 is 0 Å². The highest BCUT2D eigenvalue weighted by Gasteiger charge is 2.17. The molecule has 5 heteroatoms. The third kappa shape index (κ3) is 6.19. The lowest BCUT2D eigenvalue weighted by Gasteiger charge is -2.23. The molecule has 0 heterocycles. The van der Waals surface area contributed by atoms with Crippen LogP contribution >= 0.6 is 12.4 Å². The van der Waals surface area contributed by atoms with Crippen molar-refractivity contribution in [2.45, 2.75) is 19.1 Å². The molecular formula is C15H23ClN2O2. The smallest absolute Gasteiger partial charge is 0.225 e. The summed E-state index contributed by atoms with van der Waals surface area (Å²) in [5.74, 6) is 0.0288. The van der Waals surface area contributed by atoms with Crippen LogP contribution in [0.3, 0.4) is 0 Å². The number of methoxy groups -OCH3 is 1. The quantitative estimate of drug-likeness (QED) is 0.747. The number of carbonyl (C=O) groups excluding carboxylic acids is 1. The molecule has 0 saturated carbocycles. The van der Waals surface area contributed by atoms with E-state index in [0.29, 0.717) is 26.1 Å². The SMILES string of the molecule is C=CCN(Cc1ccccc1)C(=O)CC(CN)OC.Cl. The topological polar surface area (TPSA) is 55.6 Å². The van der Waals surface area contributed by atoms with Crippen LogP contribution in [0, 0.1) is 0 Å². The summed E-state index contributed by atoms with van der Waals surface area (Å²) in [4.78, 5) is 14.0. The third-order valence-corrected chi connectivity index (χ3v) is 2.92. The lowest BCUT2D eigenvalue weighted by molar-refractivity contribution is -0.133. The van der Waals surface area contributed by atoms with Gasteiger partial charge in [-0.1, -0.05) is 36.4 Å². The average molecular weight is 299 g/mol. The molecule has 0 aliphatic rings. The Bertz CT molecular complexity index is 394. The number of nitrogens with zero attached hydrogens (tertiary/aromatic N) is 1. The highest BCUT2D eigenvalue weighted by molar-refractivity contribution is 5.85. The molecule has 0 spiro atoms. The first-order valence-corrected chi connectivity index (χ1v) is 6.36. The molecule has 4 nitrogen and oxygen atoms in total. The van der Waals surface area contributed by atoms with E-state index in [1.165, 1.54) is 0 Å². The molecule has 1 atom stereocenters. The van der Waals surface area contributed by atoms with Crippen LogP contribution in [0.1, 0.15) is 12.0 Å². The first kappa shape index (κ1) is 18.6. The second-order valence-electron chi connectivity index (χ2n) is 4.35. The normalized spacial score (nSPS) is 11.3. The molecule has 1 aromatic carbocycles. The lowest BCUT2D eigenvalue weighted by atomic mass is 10.2. The summed E-state index contributed by atoms with van der Waals surface area (Å²) in [7, 11) is 1.57. The van der Waals surface area contributed by atoms with Gasteiger partial charge in [0, 0.05) is 26.7 Å². The summed E-state index contributed by atoms with van der Waals surface area (Å²) in [6, 6.07) is 9.88. The number of halogens is 1. The summed E-state index contributed by atoms with van der Waals surface area (Å²) >= 11 is 0. The van der Waals surface area contributed by atoms with E-state index >= 15 is 0 Å². The van der Waals surface area contributed by atoms with Gasteiger partial charge in [-0.3, -0.25) is 4.79 Å². The van der Waals surface area contributed by atoms with Crippen molar-refractivity contribution < 1.29 is 9.53 Å². The molecule has 20 heavy (non-hydrogen) atoms. The van der Waals surface area contributed by atoms with Gasteiger partial charge < -0.3 is 15.4 Å². The maximum Gasteiger partial charge on any atom is 0.225 e. The zero-order valence-electron chi connectivity index (χ0n) is 11.8. The van der Waals surface area contributed by atoms with E-state index in [1.807, 2.05) is 30.3 Å². The molecule has 0 aliphatic heterocycles. The summed E-state index contributed by atoms with van der Waals surface area (Å²) < 4.78 is 5.15. The molecule has 2 N–H and O–H groups in total. The third-order valence-electron chi connectivity index (χ3n) is 2.92. The Morgan fingerprint density at radius 3 is 2.60 bits per heavy atom. The Hall–Kier alpha value is -1.36. The van der Waals surface area contributed by atoms with Gasteiger partial charge in [0.25, 0.3) is 0 Å². The number of nitrogens with two attached hydrogens (primary N) is 1. The van der Waals surface area contributed by atoms with Gasteiger partial charge in [0.05, 0.1) is 12.5 Å². The van der Waals surface area contributed by atoms with Crippen molar-refractivity contribution in [3.63, 3.8) is 0 Å². The number of benzene rings is 1. The van der Waals surface area contributed by atoms with E-state index in [1.54, 1.807) is 18.1 Å². The number of hydrogen-bond donors (Lipinski definition) is 1. The Labute approximate surface area is 127 Å². The number of amides is 1. The van der Waals surface area contributed by atoms with Crippen LogP contribution in [-0.2, 0) is 16.1 Å². The van der Waals surface area contributed by atoms with Gasteiger partial charge in [-0.25, -0.2) is 0 Å². The molecule has 1 unspecified atom stereocenters. The highest BCUT2D eigenvalue weighted by Crippen LogP contribution is 2.08. The van der Waals surface area contributed by atoms with Crippen LogP contribution in [0.25, 0.3) is 0 Å². The maximum absolute atomic E-state index is 12.2. The summed E-state index contributed by atoms with van der Waals surface area (Å²) in [5.41, 5.74) is 6.64. The molecular weight excluding hydrogens is 276 g/mol. The Balaban J connectivity index is 0.00000361. The van der Waals surface area contributed by atoms with Crippen LogP contribution in [0.15, 0.2) is 43.0 Å². The van der Waals surface area contributed by atoms with E-state index in [0.717, 1.165) is 5.56 Å². The second kappa shape index (κ2) is 10.4. The van der Waals surface area contributed by atoms with E-state index in [9.17, 15) is 4.79 Å². The summed E-state index contributed by atoms with van der Waals surface area (Å²) in [6.45, 7) is 5.14. The van der Waals surface area contributed by atoms with Crippen molar-refractivity contribution in [2.75, 3.05) is 20.2 Å². The van der Waals surface area contributed by atoms with Crippen LogP contribution in [0.2, 0.25) is 0 Å². The summed E-state index contributed by atoms with van der Waals surface area (Å²) in [5, 5.41) is 0. The van der Waals surface area contributed by atoms with E-state index in [4.69, 9.17) is 10.5 Å². The highest BCUT2D eigenvalue weighted by atomic mass is 35.5. The zero-order valence-corrected chi connectivity index (χ0v) is 12.6. The van der Waals surface area contributed by atoms with Gasteiger partial charge in [0.2, 0.25) is 5.91 Å². The van der Waals surface area contributed by atoms with Gasteiger partial charge in [0.1, 0.15) is 0 Å². The number of hydrogen-bond acceptors (Lipinski definition) is 3. The van der Waals surface area contributed by atoms with Gasteiger partial charge in [-0.05, 0) is 5.56 Å². The average Bonchev–Trinajstić information content (AvgIpc) is 2.45. The number of ether oxygens (including phenoxy) is 1. The molecule has 0 saturated heterocycles. The fraction of sp³-hybridized carbons (Fsp3) is 0.400. The molecule has 1 rings (SSSR count). The maximum atomic E-state index is 12.2. The predicted molar refractivity (Wildman–Crippen MR) is 83.8 cm³/mol. The molecule has 112 valence electrons. The molecule has 0 aliphatic carbocycles. The standard InChI is InChI=1S/C15H22N2O2.ClH/c1-3-9-17(12-13-7-5-4-6-8-13)15(18)10-14(11-16)19-2;/h3-8,14H,1,9-12,16H2,2H3;1H. The first-order chi connectivity index (χ1) is 9.21. The van der Waals surface area contributed by atoms with Crippen molar-refractivity contribution in [3.05, 3.63) is 48.6 Å². The minimum Gasteiger partial charge on any atom is -0.380 e. The Morgan fingerprint density at radius 1 is 1.45 bits per heavy atom. The van der Waals surface area contributed by atoms with Crippen LogP contribution in [0.5, 0.6) is 0 Å².